The number of nitrogens with zero attached hydrogens (tertiary/aromatic N) is 1. The van der Waals surface area contributed by atoms with Crippen LogP contribution < -0.4 is 5.32 Å². The number of thiophene rings is 1. The summed E-state index contributed by atoms with van der Waals surface area (Å²) in [6.07, 6.45) is 0. The molecule has 2 saturated heterocycles. The highest BCUT2D eigenvalue weighted by Crippen LogP contribution is 2.36. The van der Waals surface area contributed by atoms with E-state index in [1.807, 2.05) is 6.92 Å². The second kappa shape index (κ2) is 4.56. The summed E-state index contributed by atoms with van der Waals surface area (Å²) in [5.41, 5.74) is 0.986. The maximum Gasteiger partial charge on any atom is 0.252 e. The lowest BCUT2D eigenvalue weighted by Crippen LogP contribution is -2.31. The van der Waals surface area contributed by atoms with Crippen molar-refractivity contribution in [1.29, 1.82) is 0 Å². The quantitative estimate of drug-likeness (QED) is 0.882. The highest BCUT2D eigenvalue weighted by molar-refractivity contribution is 9.11. The maximum atomic E-state index is 12.5. The molecule has 2 aliphatic heterocycles. The molecule has 2 unspecified atom stereocenters. The first kappa shape index (κ1) is 13.1. The summed E-state index contributed by atoms with van der Waals surface area (Å²) in [6, 6.07) is 1.76. The third-order valence-corrected chi connectivity index (χ3v) is 8.20. The van der Waals surface area contributed by atoms with Gasteiger partial charge in [0.1, 0.15) is 4.21 Å². The summed E-state index contributed by atoms with van der Waals surface area (Å²) in [6.45, 7) is 5.14. The van der Waals surface area contributed by atoms with Crippen LogP contribution in [-0.4, -0.2) is 38.9 Å². The molecule has 2 atom stereocenters. The molecule has 0 bridgehead atoms. The number of hydrogen-bond donors (Lipinski definition) is 1. The zero-order valence-corrected chi connectivity index (χ0v) is 13.2. The van der Waals surface area contributed by atoms with E-state index in [1.165, 1.54) is 11.3 Å². The molecule has 1 N–H and O–H groups in total. The molecule has 1 aromatic heterocycles. The highest BCUT2D eigenvalue weighted by Gasteiger charge is 2.41. The average molecular weight is 351 g/mol. The minimum Gasteiger partial charge on any atom is -0.316 e. The van der Waals surface area contributed by atoms with E-state index in [9.17, 15) is 8.42 Å². The second-order valence-corrected chi connectivity index (χ2v) is 9.56. The molecular formula is C11H15BrN2O2S2. The third kappa shape index (κ3) is 2.06. The van der Waals surface area contributed by atoms with Crippen LogP contribution in [0.2, 0.25) is 0 Å². The molecule has 100 valence electrons. The van der Waals surface area contributed by atoms with E-state index in [1.54, 1.807) is 10.4 Å². The summed E-state index contributed by atoms with van der Waals surface area (Å²) in [5, 5.41) is 3.32. The van der Waals surface area contributed by atoms with Gasteiger partial charge in [0.15, 0.2) is 0 Å². The third-order valence-electron chi connectivity index (χ3n) is 3.78. The monoisotopic (exact) mass is 350 g/mol. The smallest absolute Gasteiger partial charge is 0.252 e. The predicted molar refractivity (Wildman–Crippen MR) is 75.4 cm³/mol. The molecule has 0 radical (unpaired) electrons. The molecule has 0 aromatic carbocycles. The van der Waals surface area contributed by atoms with Crippen molar-refractivity contribution in [2.24, 2.45) is 11.8 Å². The van der Waals surface area contributed by atoms with Crippen LogP contribution in [0.4, 0.5) is 0 Å². The van der Waals surface area contributed by atoms with Gasteiger partial charge in [0.2, 0.25) is 0 Å². The van der Waals surface area contributed by atoms with Crippen LogP contribution in [0.1, 0.15) is 5.56 Å². The molecule has 2 aliphatic rings. The first-order chi connectivity index (χ1) is 8.48. The molecule has 7 heteroatoms. The first-order valence-corrected chi connectivity index (χ1v) is 9.00. The number of nitrogens with one attached hydrogen (secondary N) is 1. The first-order valence-electron chi connectivity index (χ1n) is 5.95. The van der Waals surface area contributed by atoms with Gasteiger partial charge in [-0.15, -0.1) is 11.3 Å². The molecule has 0 saturated carbocycles. The molecule has 0 amide bonds. The Morgan fingerprint density at radius 2 is 2.00 bits per heavy atom. The zero-order valence-electron chi connectivity index (χ0n) is 10.0. The normalized spacial score (nSPS) is 28.8. The minimum absolute atomic E-state index is 0.458. The van der Waals surface area contributed by atoms with Gasteiger partial charge < -0.3 is 5.32 Å². The topological polar surface area (TPSA) is 49.4 Å². The second-order valence-electron chi connectivity index (χ2n) is 5.02. The van der Waals surface area contributed by atoms with Gasteiger partial charge in [-0.3, -0.25) is 0 Å². The predicted octanol–water partition coefficient (Wildman–Crippen LogP) is 1.66. The van der Waals surface area contributed by atoms with Crippen molar-refractivity contribution in [3.8, 4) is 0 Å². The molecule has 3 rings (SSSR count). The molecule has 4 nitrogen and oxygen atoms in total. The summed E-state index contributed by atoms with van der Waals surface area (Å²) in [7, 11) is -3.29. The van der Waals surface area contributed by atoms with Crippen molar-refractivity contribution < 1.29 is 8.42 Å². The number of sulfonamides is 1. The van der Waals surface area contributed by atoms with Crippen LogP contribution in [-0.2, 0) is 10.0 Å². The largest absolute Gasteiger partial charge is 0.316 e. The van der Waals surface area contributed by atoms with Crippen LogP contribution >= 0.6 is 27.3 Å². The van der Waals surface area contributed by atoms with Crippen molar-refractivity contribution in [2.45, 2.75) is 11.1 Å². The molecule has 0 spiro atoms. The van der Waals surface area contributed by atoms with Crippen molar-refractivity contribution in [3.05, 3.63) is 15.4 Å². The fraction of sp³-hybridized carbons (Fsp3) is 0.636. The van der Waals surface area contributed by atoms with Crippen molar-refractivity contribution >= 4 is 37.3 Å². The van der Waals surface area contributed by atoms with E-state index in [0.29, 0.717) is 29.1 Å². The lowest BCUT2D eigenvalue weighted by Gasteiger charge is -2.15. The Kier molecular flexibility index (Phi) is 3.30. The van der Waals surface area contributed by atoms with Crippen molar-refractivity contribution in [3.63, 3.8) is 0 Å². The van der Waals surface area contributed by atoms with E-state index in [4.69, 9.17) is 0 Å². The summed E-state index contributed by atoms with van der Waals surface area (Å²) in [4.78, 5) is 0. The zero-order chi connectivity index (χ0) is 12.9. The Morgan fingerprint density at radius 3 is 2.50 bits per heavy atom. The van der Waals surface area contributed by atoms with E-state index in [-0.39, 0.29) is 0 Å². The number of hydrogen-bond acceptors (Lipinski definition) is 4. The molecular weight excluding hydrogens is 336 g/mol. The Morgan fingerprint density at radius 1 is 1.39 bits per heavy atom. The Labute approximate surface area is 120 Å². The van der Waals surface area contributed by atoms with Crippen LogP contribution in [0.25, 0.3) is 0 Å². The number of fused-ring (bicyclic) bond motifs is 1. The van der Waals surface area contributed by atoms with Gasteiger partial charge in [-0.1, -0.05) is 0 Å². The number of aryl methyl sites for hydroxylation is 1. The van der Waals surface area contributed by atoms with E-state index >= 15 is 0 Å². The standard InChI is InChI=1S/C11H15BrN2O2S2/c1-7-2-10(17-11(7)12)18(15,16)14-5-8-3-13-4-9(8)6-14/h2,8-9,13H,3-6H2,1H3. The van der Waals surface area contributed by atoms with Crippen molar-refractivity contribution in [2.75, 3.05) is 26.2 Å². The van der Waals surface area contributed by atoms with Crippen LogP contribution in [0, 0.1) is 18.8 Å². The Hall–Kier alpha value is 0.0500. The van der Waals surface area contributed by atoms with Crippen molar-refractivity contribution in [1.82, 2.24) is 9.62 Å². The van der Waals surface area contributed by atoms with Gasteiger partial charge in [-0.05, 0) is 59.4 Å². The SMILES string of the molecule is Cc1cc(S(=O)(=O)N2CC3CNCC3C2)sc1Br. The van der Waals surface area contributed by atoms with Gasteiger partial charge in [0, 0.05) is 13.1 Å². The van der Waals surface area contributed by atoms with Gasteiger partial charge in [-0.2, -0.15) is 4.31 Å². The minimum atomic E-state index is -3.29. The Bertz CT molecular complexity index is 538. The van der Waals surface area contributed by atoms with Gasteiger partial charge in [-0.25, -0.2) is 8.42 Å². The summed E-state index contributed by atoms with van der Waals surface area (Å²) < 4.78 is 28.1. The lowest BCUT2D eigenvalue weighted by molar-refractivity contribution is 0.449. The fourth-order valence-corrected chi connectivity index (χ4v) is 6.63. The fourth-order valence-electron chi connectivity index (χ4n) is 2.69. The Balaban J connectivity index is 1.87. The van der Waals surface area contributed by atoms with Crippen LogP contribution in [0.5, 0.6) is 0 Å². The highest BCUT2D eigenvalue weighted by atomic mass is 79.9. The number of halogens is 1. The molecule has 1 aromatic rings. The lowest BCUT2D eigenvalue weighted by atomic mass is 10.0. The van der Waals surface area contributed by atoms with Gasteiger partial charge in [0.05, 0.1) is 3.79 Å². The molecule has 0 aliphatic carbocycles. The van der Waals surface area contributed by atoms with E-state index in [2.05, 4.69) is 21.2 Å². The van der Waals surface area contributed by atoms with Gasteiger partial charge in [0.25, 0.3) is 10.0 Å². The maximum absolute atomic E-state index is 12.5. The summed E-state index contributed by atoms with van der Waals surface area (Å²) >= 11 is 4.70. The van der Waals surface area contributed by atoms with E-state index in [0.717, 1.165) is 22.4 Å². The molecule has 18 heavy (non-hydrogen) atoms. The summed E-state index contributed by atoms with van der Waals surface area (Å²) in [5.74, 6) is 0.980. The molecule has 3 heterocycles. The van der Waals surface area contributed by atoms with E-state index < -0.39 is 10.0 Å². The van der Waals surface area contributed by atoms with Crippen LogP contribution in [0.3, 0.4) is 0 Å². The average Bonchev–Trinajstić information content (AvgIpc) is 2.93. The number of rotatable bonds is 2. The van der Waals surface area contributed by atoms with Crippen LogP contribution in [0.15, 0.2) is 14.1 Å². The van der Waals surface area contributed by atoms with Gasteiger partial charge >= 0.3 is 0 Å². The molecule has 2 fully saturated rings.